The molecule has 0 spiro atoms. The van der Waals surface area contributed by atoms with Gasteiger partial charge in [0.15, 0.2) is 12.5 Å². The number of carboxylic acid groups (broad SMARTS) is 1. The molecule has 1 aromatic rings. The molecule has 2 rings (SSSR count). The van der Waals surface area contributed by atoms with Crippen molar-refractivity contribution in [2.75, 3.05) is 19.8 Å². The Kier molecular flexibility index (Phi) is 6.95. The molecule has 0 amide bonds. The van der Waals surface area contributed by atoms with Crippen molar-refractivity contribution in [2.45, 2.75) is 26.3 Å². The van der Waals surface area contributed by atoms with E-state index in [1.807, 2.05) is 0 Å². The Labute approximate surface area is 143 Å². The van der Waals surface area contributed by atoms with Crippen molar-refractivity contribution >= 4 is 5.97 Å². The second kappa shape index (κ2) is 8.00. The molecule has 7 nitrogen and oxygen atoms in total. The summed E-state index contributed by atoms with van der Waals surface area (Å²) in [4.78, 5) is 18.6. The molecule has 21 heavy (non-hydrogen) atoms. The van der Waals surface area contributed by atoms with Crippen molar-refractivity contribution in [1.82, 2.24) is 9.97 Å². The van der Waals surface area contributed by atoms with Gasteiger partial charge in [-0.3, -0.25) is 0 Å². The predicted octanol–water partition coefficient (Wildman–Crippen LogP) is -3.01. The van der Waals surface area contributed by atoms with E-state index in [2.05, 4.69) is 9.97 Å². The van der Waals surface area contributed by atoms with Crippen LogP contribution in [0.15, 0.2) is 0 Å². The third-order valence-electron chi connectivity index (χ3n) is 2.64. The number of carbonyl (C=O) groups excluding carboxylic acids is 1. The van der Waals surface area contributed by atoms with E-state index in [4.69, 9.17) is 14.2 Å². The molecule has 2 heterocycles. The topological polar surface area (TPSA) is 93.6 Å². The van der Waals surface area contributed by atoms with E-state index in [0.717, 1.165) is 0 Å². The first kappa shape index (κ1) is 18.2. The van der Waals surface area contributed by atoms with Gasteiger partial charge in [0.2, 0.25) is 5.88 Å². The number of hydrogen-bond acceptors (Lipinski definition) is 7. The maximum absolute atomic E-state index is 13.9. The van der Waals surface area contributed by atoms with Gasteiger partial charge in [-0.2, -0.15) is 4.98 Å². The number of aryl methyl sites for hydroxylation is 1. The monoisotopic (exact) mass is 308 g/mol. The summed E-state index contributed by atoms with van der Waals surface area (Å²) in [6.07, 6.45) is -3.34. The zero-order valence-electron chi connectivity index (χ0n) is 12.1. The normalized spacial score (nSPS) is 16.3. The fraction of sp³-hybridized carbons (Fsp3) is 0.583. The molecule has 1 saturated heterocycles. The quantitative estimate of drug-likeness (QED) is 0.535. The largest absolute Gasteiger partial charge is 1.00 e. The molecule has 0 saturated carbocycles. The molecule has 1 aliphatic heterocycles. The summed E-state index contributed by atoms with van der Waals surface area (Å²) in [6.45, 7) is 4.13. The van der Waals surface area contributed by atoms with Crippen LogP contribution in [0.3, 0.4) is 0 Å². The molecule has 1 fully saturated rings. The summed E-state index contributed by atoms with van der Waals surface area (Å²) in [6, 6.07) is 0. The number of carbonyl (C=O) groups is 1. The van der Waals surface area contributed by atoms with E-state index in [1.165, 1.54) is 6.92 Å². The number of alkyl halides is 1. The average Bonchev–Trinajstić information content (AvgIpc) is 2.91. The Morgan fingerprint density at radius 1 is 1.48 bits per heavy atom. The van der Waals surface area contributed by atoms with Crippen LogP contribution in [0.1, 0.15) is 36.5 Å². The standard InChI is InChI=1S/C12H15FN2O5.Na/c1-3-18-10-7(12-19-4-5-20-12)9(8(13)11(16)17)14-6(2)15-10;/h8,12H,3-5H2,1-2H3,(H,16,17);/q;+1/p-1. The van der Waals surface area contributed by atoms with Gasteiger partial charge in [0.25, 0.3) is 0 Å². The number of nitrogens with zero attached hydrogens (tertiary/aromatic N) is 2. The zero-order valence-corrected chi connectivity index (χ0v) is 14.1. The Morgan fingerprint density at radius 2 is 2.10 bits per heavy atom. The summed E-state index contributed by atoms with van der Waals surface area (Å²) < 4.78 is 29.7. The van der Waals surface area contributed by atoms with Gasteiger partial charge >= 0.3 is 29.6 Å². The van der Waals surface area contributed by atoms with Gasteiger partial charge in [-0.05, 0) is 13.8 Å². The number of ether oxygens (including phenoxy) is 3. The zero-order chi connectivity index (χ0) is 14.7. The molecule has 0 aliphatic carbocycles. The smallest absolute Gasteiger partial charge is 0.547 e. The van der Waals surface area contributed by atoms with Crippen LogP contribution in [-0.4, -0.2) is 35.8 Å². The SMILES string of the molecule is CCOc1nc(C)nc(C(F)C(=O)[O-])c1C1OCCO1.[Na+]. The van der Waals surface area contributed by atoms with Crippen LogP contribution in [0.4, 0.5) is 4.39 Å². The van der Waals surface area contributed by atoms with E-state index in [9.17, 15) is 14.3 Å². The number of aromatic nitrogens is 2. The average molecular weight is 308 g/mol. The van der Waals surface area contributed by atoms with Crippen LogP contribution in [0.5, 0.6) is 5.88 Å². The minimum Gasteiger partial charge on any atom is -0.547 e. The van der Waals surface area contributed by atoms with Crippen molar-refractivity contribution in [3.63, 3.8) is 0 Å². The van der Waals surface area contributed by atoms with Gasteiger partial charge in [-0.1, -0.05) is 0 Å². The number of halogens is 1. The van der Waals surface area contributed by atoms with Gasteiger partial charge < -0.3 is 24.1 Å². The third-order valence-corrected chi connectivity index (χ3v) is 2.64. The van der Waals surface area contributed by atoms with E-state index >= 15 is 0 Å². The van der Waals surface area contributed by atoms with Gasteiger partial charge in [0.1, 0.15) is 5.82 Å². The fourth-order valence-electron chi connectivity index (χ4n) is 1.87. The van der Waals surface area contributed by atoms with Crippen molar-refractivity contribution in [1.29, 1.82) is 0 Å². The van der Waals surface area contributed by atoms with Crippen LogP contribution in [0.25, 0.3) is 0 Å². The molecule has 1 aliphatic rings. The van der Waals surface area contributed by atoms with Gasteiger partial charge in [0.05, 0.1) is 37.0 Å². The Bertz CT molecular complexity index is 511. The Balaban J connectivity index is 0.00000220. The summed E-state index contributed by atoms with van der Waals surface area (Å²) >= 11 is 0. The van der Waals surface area contributed by atoms with Gasteiger partial charge in [0, 0.05) is 0 Å². The summed E-state index contributed by atoms with van der Waals surface area (Å²) in [5.41, 5.74) is -0.292. The molecule has 0 aromatic carbocycles. The summed E-state index contributed by atoms with van der Waals surface area (Å²) in [7, 11) is 0. The summed E-state index contributed by atoms with van der Waals surface area (Å²) in [5.74, 6) is -1.63. The molecule has 1 atom stereocenters. The van der Waals surface area contributed by atoms with Gasteiger partial charge in [-0.15, -0.1) is 0 Å². The molecular formula is C12H14FN2NaO5. The van der Waals surface area contributed by atoms with Crippen molar-refractivity contribution in [3.8, 4) is 5.88 Å². The second-order valence-electron chi connectivity index (χ2n) is 4.06. The van der Waals surface area contributed by atoms with Crippen LogP contribution in [0, 0.1) is 6.92 Å². The maximum atomic E-state index is 13.9. The van der Waals surface area contributed by atoms with Crippen molar-refractivity contribution in [3.05, 3.63) is 17.1 Å². The molecule has 1 aromatic heterocycles. The van der Waals surface area contributed by atoms with Crippen LogP contribution in [0.2, 0.25) is 0 Å². The second-order valence-corrected chi connectivity index (χ2v) is 4.06. The first-order chi connectivity index (χ1) is 9.54. The first-order valence-electron chi connectivity index (χ1n) is 6.14. The van der Waals surface area contributed by atoms with E-state index < -0.39 is 18.4 Å². The number of carboxylic acids is 1. The van der Waals surface area contributed by atoms with Crippen molar-refractivity contribution < 1.29 is 58.1 Å². The fourth-order valence-corrected chi connectivity index (χ4v) is 1.87. The van der Waals surface area contributed by atoms with E-state index in [1.54, 1.807) is 6.92 Å². The minimum absolute atomic E-state index is 0. The van der Waals surface area contributed by atoms with Crippen LogP contribution >= 0.6 is 0 Å². The summed E-state index contributed by atoms with van der Waals surface area (Å²) in [5, 5.41) is 10.8. The van der Waals surface area contributed by atoms with Gasteiger partial charge in [-0.25, -0.2) is 9.37 Å². The number of rotatable bonds is 5. The number of aliphatic carboxylic acids is 1. The Hall–Kier alpha value is -0.800. The first-order valence-corrected chi connectivity index (χ1v) is 6.14. The van der Waals surface area contributed by atoms with E-state index in [0.29, 0.717) is 13.2 Å². The third kappa shape index (κ3) is 4.10. The predicted molar refractivity (Wildman–Crippen MR) is 61.4 cm³/mol. The molecule has 1 unspecified atom stereocenters. The number of hydrogen-bond donors (Lipinski definition) is 0. The molecule has 0 N–H and O–H groups in total. The van der Waals surface area contributed by atoms with E-state index in [-0.39, 0.29) is 59.1 Å². The molecule has 9 heteroatoms. The molecule has 0 bridgehead atoms. The van der Waals surface area contributed by atoms with Crippen molar-refractivity contribution in [2.24, 2.45) is 0 Å². The Morgan fingerprint density at radius 3 is 2.62 bits per heavy atom. The maximum Gasteiger partial charge on any atom is 1.00 e. The van der Waals surface area contributed by atoms with Crippen LogP contribution < -0.4 is 39.4 Å². The molecule has 0 radical (unpaired) electrons. The molecule has 110 valence electrons. The minimum atomic E-state index is -2.40. The molecular weight excluding hydrogens is 294 g/mol. The van der Waals surface area contributed by atoms with Crippen LogP contribution in [-0.2, 0) is 14.3 Å².